The Bertz CT molecular complexity index is 577. The first kappa shape index (κ1) is 23.9. The van der Waals surface area contributed by atoms with Gasteiger partial charge < -0.3 is 24.8 Å². The second kappa shape index (κ2) is 10.8. The first-order valence-electron chi connectivity index (χ1n) is 7.87. The molecule has 0 aliphatic heterocycles. The van der Waals surface area contributed by atoms with Crippen LogP contribution in [-0.4, -0.2) is 32.1 Å². The van der Waals surface area contributed by atoms with Crippen molar-refractivity contribution in [3.63, 3.8) is 0 Å². The zero-order valence-corrected chi connectivity index (χ0v) is 18.3. The summed E-state index contributed by atoms with van der Waals surface area (Å²) in [4.78, 5) is 2.22. The molecule has 0 spiro atoms. The molecule has 24 heavy (non-hydrogen) atoms. The van der Waals surface area contributed by atoms with E-state index in [2.05, 4.69) is 76.2 Å². The van der Waals surface area contributed by atoms with E-state index in [0.717, 1.165) is 19.6 Å². The van der Waals surface area contributed by atoms with Crippen LogP contribution in [0.15, 0.2) is 42.0 Å². The molecule has 0 atom stereocenters. The van der Waals surface area contributed by atoms with Crippen LogP contribution >= 0.6 is 0 Å². The summed E-state index contributed by atoms with van der Waals surface area (Å²) < 4.78 is 7.46. The molecular weight excluding hydrogens is 377 g/mol. The van der Waals surface area contributed by atoms with Crippen molar-refractivity contribution in [2.24, 2.45) is 5.41 Å². The Kier molecular flexibility index (Phi) is 10.8. The number of nitrogens with zero attached hydrogens (tertiary/aromatic N) is 1. The van der Waals surface area contributed by atoms with E-state index in [1.807, 2.05) is 0 Å². The van der Waals surface area contributed by atoms with E-state index in [9.17, 15) is 0 Å². The summed E-state index contributed by atoms with van der Waals surface area (Å²) in [5.74, 6) is 0. The van der Waals surface area contributed by atoms with Crippen LogP contribution < -0.4 is 28.7 Å². The van der Waals surface area contributed by atoms with Gasteiger partial charge in [-0.25, -0.2) is 0 Å². The maximum atomic E-state index is 6.05. The van der Waals surface area contributed by atoms with Crippen molar-refractivity contribution < 1.29 is 47.7 Å². The molecule has 1 aromatic rings. The van der Waals surface area contributed by atoms with Crippen LogP contribution in [0.2, 0.25) is 0 Å². The van der Waals surface area contributed by atoms with E-state index >= 15 is 0 Å². The van der Waals surface area contributed by atoms with E-state index < -0.39 is 19.5 Å². The van der Waals surface area contributed by atoms with Gasteiger partial charge in [0.1, 0.15) is 0 Å². The Morgan fingerprint density at radius 2 is 1.79 bits per heavy atom. The zero-order chi connectivity index (χ0) is 16.2. The van der Waals surface area contributed by atoms with Crippen LogP contribution in [0, 0.1) is 5.41 Å². The predicted octanol–water partition coefficient (Wildman–Crippen LogP) is -2.34. The van der Waals surface area contributed by atoms with Gasteiger partial charge in [-0.2, -0.15) is 0 Å². The second-order valence-electron chi connectivity index (χ2n) is 7.39. The molecule has 5 heteroatoms. The van der Waals surface area contributed by atoms with Gasteiger partial charge in [0, 0.05) is 0 Å². The monoisotopic (exact) mass is 403 g/mol. The Balaban J connectivity index is 0.00000264. The molecule has 2 nitrogen and oxygen atoms in total. The van der Waals surface area contributed by atoms with Crippen molar-refractivity contribution in [2.45, 2.75) is 27.2 Å². The number of halogens is 2. The topological polar surface area (TPSA) is 12.5 Å². The fraction of sp³-hybridized carbons (Fsp3) is 0.474. The van der Waals surface area contributed by atoms with Gasteiger partial charge in [-0.1, -0.05) is 0 Å². The SMILES string of the molecule is CN(C)CC1=CCC(c2cccc[c]2[Ti+2][O]CC(C)(C)C)=C1.[Cl-].[Cl-]. The van der Waals surface area contributed by atoms with Crippen LogP contribution in [0.4, 0.5) is 0 Å². The number of likely N-dealkylation sites (N-methyl/N-ethyl adjacent to an activating group) is 1. The molecular formula is C19H27Cl2NOTi. The molecule has 1 aliphatic rings. The molecule has 0 N–H and O–H groups in total. The third-order valence-electron chi connectivity index (χ3n) is 3.40. The van der Waals surface area contributed by atoms with Crippen molar-refractivity contribution in [2.75, 3.05) is 27.2 Å². The smallest absolute Gasteiger partial charge is 1.00 e. The van der Waals surface area contributed by atoms with Gasteiger partial charge in [0.15, 0.2) is 0 Å². The molecule has 0 saturated heterocycles. The fourth-order valence-corrected chi connectivity index (χ4v) is 4.27. The average Bonchev–Trinajstić information content (AvgIpc) is 2.85. The largest absolute Gasteiger partial charge is 1.00 e. The van der Waals surface area contributed by atoms with Crippen LogP contribution in [0.3, 0.4) is 0 Å². The molecule has 0 heterocycles. The third-order valence-corrected chi connectivity index (χ3v) is 4.88. The first-order chi connectivity index (χ1) is 10.3. The maximum Gasteiger partial charge on any atom is -1.00 e. The molecule has 0 amide bonds. The summed E-state index contributed by atoms with van der Waals surface area (Å²) in [6, 6.07) is 8.76. The Hall–Kier alpha value is -0.0857. The Labute approximate surface area is 169 Å². The van der Waals surface area contributed by atoms with E-state index in [4.69, 9.17) is 3.32 Å². The maximum absolute atomic E-state index is 6.05. The second-order valence-corrected chi connectivity index (χ2v) is 9.00. The summed E-state index contributed by atoms with van der Waals surface area (Å²) in [7, 11) is 4.24. The van der Waals surface area contributed by atoms with Crippen molar-refractivity contribution in [3.8, 4) is 0 Å². The minimum Gasteiger partial charge on any atom is -1.00 e. The quantitative estimate of drug-likeness (QED) is 0.493. The van der Waals surface area contributed by atoms with Crippen molar-refractivity contribution in [3.05, 3.63) is 47.6 Å². The number of hydrogen-bond donors (Lipinski definition) is 0. The summed E-state index contributed by atoms with van der Waals surface area (Å²) in [6.07, 6.45) is 5.75. The summed E-state index contributed by atoms with van der Waals surface area (Å²) in [5, 5.41) is 0. The van der Waals surface area contributed by atoms with Gasteiger partial charge >= 0.3 is 145 Å². The van der Waals surface area contributed by atoms with Crippen LogP contribution in [0.25, 0.3) is 5.57 Å². The molecule has 0 saturated carbocycles. The summed E-state index contributed by atoms with van der Waals surface area (Å²) in [5.41, 5.74) is 4.49. The molecule has 0 fully saturated rings. The molecule has 2 rings (SSSR count). The van der Waals surface area contributed by atoms with E-state index in [0.29, 0.717) is 0 Å². The normalized spacial score (nSPS) is 13.6. The minimum absolute atomic E-state index is 0. The number of allylic oxidation sites excluding steroid dienone is 2. The molecule has 1 aliphatic carbocycles. The van der Waals surface area contributed by atoms with Crippen LogP contribution in [-0.2, 0) is 22.9 Å². The fourth-order valence-electron chi connectivity index (χ4n) is 2.43. The number of hydrogen-bond acceptors (Lipinski definition) is 2. The average molecular weight is 404 g/mol. The van der Waals surface area contributed by atoms with Gasteiger partial charge in [-0.3, -0.25) is 0 Å². The van der Waals surface area contributed by atoms with Gasteiger partial charge in [-0.15, -0.1) is 0 Å². The molecule has 0 bridgehead atoms. The Morgan fingerprint density at radius 1 is 1.12 bits per heavy atom. The number of rotatable bonds is 6. The Morgan fingerprint density at radius 3 is 2.42 bits per heavy atom. The molecule has 0 radical (unpaired) electrons. The zero-order valence-electron chi connectivity index (χ0n) is 15.2. The molecule has 132 valence electrons. The van der Waals surface area contributed by atoms with Crippen LogP contribution in [0.1, 0.15) is 32.8 Å². The predicted molar refractivity (Wildman–Crippen MR) is 90.7 cm³/mol. The third kappa shape index (κ3) is 7.86. The van der Waals surface area contributed by atoms with E-state index in [1.165, 1.54) is 20.6 Å². The van der Waals surface area contributed by atoms with Crippen LogP contribution in [0.5, 0.6) is 0 Å². The minimum atomic E-state index is -0.532. The van der Waals surface area contributed by atoms with Gasteiger partial charge in [0.25, 0.3) is 0 Å². The van der Waals surface area contributed by atoms with Crippen molar-refractivity contribution >= 4 is 9.44 Å². The van der Waals surface area contributed by atoms with E-state index in [1.54, 1.807) is 0 Å². The van der Waals surface area contributed by atoms with Gasteiger partial charge in [-0.05, 0) is 0 Å². The summed E-state index contributed by atoms with van der Waals surface area (Å²) >= 11 is -0.532. The van der Waals surface area contributed by atoms with Crippen molar-refractivity contribution in [1.82, 2.24) is 4.90 Å². The number of benzene rings is 1. The standard InChI is InChI=1S/C14H16N.C5H11O.2ClH.Ti/c1-15(2)11-12-8-9-14(10-12)13-6-4-3-5-7-13;1-5(2,3)4-6;;;/h3-6,8,10H,9,11H2,1-2H3;4H2,1-3H3;2*1H;/q;-1;;;+3/p-2. The summed E-state index contributed by atoms with van der Waals surface area (Å²) in [6.45, 7) is 8.53. The van der Waals surface area contributed by atoms with Gasteiger partial charge in [0.2, 0.25) is 0 Å². The molecule has 1 aromatic carbocycles. The van der Waals surface area contributed by atoms with E-state index in [-0.39, 0.29) is 30.2 Å². The molecule has 0 aromatic heterocycles. The van der Waals surface area contributed by atoms with Crippen molar-refractivity contribution in [1.29, 1.82) is 0 Å². The van der Waals surface area contributed by atoms with Gasteiger partial charge in [0.05, 0.1) is 0 Å². The first-order valence-corrected chi connectivity index (χ1v) is 9.28. The molecule has 0 unspecified atom stereocenters.